The van der Waals surface area contributed by atoms with Crippen molar-refractivity contribution >= 4 is 11.6 Å². The summed E-state index contributed by atoms with van der Waals surface area (Å²) in [6.07, 6.45) is 0. The molecule has 0 radical (unpaired) electrons. The number of rotatable bonds is 0. The Kier molecular flexibility index (Phi) is 1.03. The lowest BCUT2D eigenvalue weighted by molar-refractivity contribution is -0.157. The molecule has 0 atom stereocenters. The second-order valence-electron chi connectivity index (χ2n) is 3.08. The first-order valence-corrected chi connectivity index (χ1v) is 3.06. The van der Waals surface area contributed by atoms with Gasteiger partial charge in [0.05, 0.1) is 11.3 Å². The Labute approximate surface area is 54.2 Å². The van der Waals surface area contributed by atoms with Gasteiger partial charge in [-0.2, -0.15) is 0 Å². The van der Waals surface area contributed by atoms with Crippen LogP contribution in [0.5, 0.6) is 0 Å². The van der Waals surface area contributed by atoms with Crippen molar-refractivity contribution < 1.29 is 9.59 Å². The summed E-state index contributed by atoms with van der Waals surface area (Å²) < 4.78 is 0. The summed E-state index contributed by atoms with van der Waals surface area (Å²) in [5, 5.41) is 0. The van der Waals surface area contributed by atoms with Crippen LogP contribution in [-0.4, -0.2) is 11.6 Å². The molecule has 0 aromatic rings. The Morgan fingerprint density at radius 2 is 1.56 bits per heavy atom. The Hall–Kier alpha value is -0.660. The summed E-state index contributed by atoms with van der Waals surface area (Å²) in [6, 6.07) is 0. The maximum absolute atomic E-state index is 10.9. The molecule has 0 aliphatic heterocycles. The van der Waals surface area contributed by atoms with Gasteiger partial charge in [-0.15, -0.1) is 0 Å². The first-order valence-electron chi connectivity index (χ1n) is 3.06. The largest absolute Gasteiger partial charge is 0.298 e. The molecule has 0 saturated heterocycles. The number of carbonyl (C=O) groups excluding carboxylic acids is 2. The van der Waals surface area contributed by atoms with Crippen LogP contribution in [0.25, 0.3) is 0 Å². The van der Waals surface area contributed by atoms with Crippen molar-refractivity contribution in [3.63, 3.8) is 0 Å². The molecule has 1 rings (SSSR count). The average molecular weight is 126 g/mol. The normalized spacial score (nSPS) is 26.1. The van der Waals surface area contributed by atoms with Gasteiger partial charge in [0.2, 0.25) is 0 Å². The summed E-state index contributed by atoms with van der Waals surface area (Å²) >= 11 is 0. The quantitative estimate of drug-likeness (QED) is 0.450. The molecule has 0 aromatic carbocycles. The van der Waals surface area contributed by atoms with Gasteiger partial charge >= 0.3 is 0 Å². The molecular weight excluding hydrogens is 116 g/mol. The highest BCUT2D eigenvalue weighted by molar-refractivity contribution is 6.26. The Bertz CT molecular complexity index is 161. The minimum atomic E-state index is -0.667. The van der Waals surface area contributed by atoms with E-state index in [9.17, 15) is 9.59 Å². The van der Waals surface area contributed by atoms with Gasteiger partial charge in [0.15, 0.2) is 11.6 Å². The predicted octanol–water partition coefficient (Wildman–Crippen LogP) is 0.800. The van der Waals surface area contributed by atoms with E-state index in [1.807, 2.05) is 0 Å². The third-order valence-electron chi connectivity index (χ3n) is 2.02. The number of hydrogen-bond acceptors (Lipinski definition) is 2. The molecular formula is C7H10O2. The molecule has 50 valence electrons. The number of ketones is 2. The van der Waals surface area contributed by atoms with Gasteiger partial charge in [0, 0.05) is 0 Å². The zero-order chi connectivity index (χ0) is 7.23. The fraction of sp³-hybridized carbons (Fsp3) is 0.714. The second-order valence-corrected chi connectivity index (χ2v) is 3.08. The third kappa shape index (κ3) is 0.560. The monoisotopic (exact) mass is 126 g/mol. The van der Waals surface area contributed by atoms with E-state index in [1.165, 1.54) is 0 Å². The lowest BCUT2D eigenvalue weighted by Crippen LogP contribution is -2.53. The van der Waals surface area contributed by atoms with Crippen molar-refractivity contribution in [2.75, 3.05) is 0 Å². The van der Waals surface area contributed by atoms with Crippen LogP contribution in [-0.2, 0) is 9.59 Å². The van der Waals surface area contributed by atoms with Crippen LogP contribution in [0.3, 0.4) is 0 Å². The summed E-state index contributed by atoms with van der Waals surface area (Å²) in [5.74, 6) is -0.181. The first kappa shape index (κ1) is 6.46. The van der Waals surface area contributed by atoms with Crippen LogP contribution >= 0.6 is 0 Å². The van der Waals surface area contributed by atoms with E-state index >= 15 is 0 Å². The molecule has 0 heterocycles. The average Bonchev–Trinajstić information content (AvgIpc) is 1.84. The molecule has 1 saturated carbocycles. The molecule has 0 spiro atoms. The first-order chi connectivity index (χ1) is 3.98. The van der Waals surface area contributed by atoms with Crippen molar-refractivity contribution in [1.82, 2.24) is 0 Å². The highest BCUT2D eigenvalue weighted by Crippen LogP contribution is 2.36. The second kappa shape index (κ2) is 1.43. The third-order valence-corrected chi connectivity index (χ3v) is 2.02. The fourth-order valence-corrected chi connectivity index (χ4v) is 1.25. The van der Waals surface area contributed by atoms with Crippen molar-refractivity contribution in [3.8, 4) is 0 Å². The van der Waals surface area contributed by atoms with Crippen LogP contribution in [0.1, 0.15) is 20.8 Å². The van der Waals surface area contributed by atoms with Gasteiger partial charge < -0.3 is 0 Å². The van der Waals surface area contributed by atoms with Gasteiger partial charge in [-0.1, -0.05) is 0 Å². The van der Waals surface area contributed by atoms with Crippen LogP contribution in [0, 0.1) is 11.3 Å². The van der Waals surface area contributed by atoms with Crippen molar-refractivity contribution in [2.45, 2.75) is 20.8 Å². The lowest BCUT2D eigenvalue weighted by atomic mass is 9.63. The van der Waals surface area contributed by atoms with E-state index in [0.29, 0.717) is 0 Å². The highest BCUT2D eigenvalue weighted by atomic mass is 16.2. The minimum Gasteiger partial charge on any atom is -0.298 e. The van der Waals surface area contributed by atoms with E-state index in [4.69, 9.17) is 0 Å². The Balaban J connectivity index is 2.86. The zero-order valence-corrected chi connectivity index (χ0v) is 5.89. The SMILES string of the molecule is CC1C(=O)C(C)(C)C1=O. The van der Waals surface area contributed by atoms with E-state index < -0.39 is 5.41 Å². The van der Waals surface area contributed by atoms with Gasteiger partial charge in [0.25, 0.3) is 0 Å². The number of hydrogen-bond donors (Lipinski definition) is 0. The topological polar surface area (TPSA) is 34.1 Å². The van der Waals surface area contributed by atoms with Crippen LogP contribution in [0.15, 0.2) is 0 Å². The Morgan fingerprint density at radius 1 is 1.22 bits per heavy atom. The Morgan fingerprint density at radius 3 is 1.67 bits per heavy atom. The van der Waals surface area contributed by atoms with Gasteiger partial charge in [-0.05, 0) is 20.8 Å². The minimum absolute atomic E-state index is 0.0764. The van der Waals surface area contributed by atoms with Crippen LogP contribution in [0.4, 0.5) is 0 Å². The molecule has 2 heteroatoms. The van der Waals surface area contributed by atoms with E-state index in [1.54, 1.807) is 20.8 Å². The molecule has 1 fully saturated rings. The summed E-state index contributed by atoms with van der Waals surface area (Å²) in [7, 11) is 0. The van der Waals surface area contributed by atoms with Gasteiger partial charge in [-0.25, -0.2) is 0 Å². The zero-order valence-electron chi connectivity index (χ0n) is 5.89. The number of Topliss-reactive ketones (excluding diaryl/α,β-unsaturated/α-hetero) is 2. The maximum atomic E-state index is 10.9. The molecule has 1 aliphatic rings. The number of carbonyl (C=O) groups is 2. The van der Waals surface area contributed by atoms with Crippen LogP contribution in [0.2, 0.25) is 0 Å². The fourth-order valence-electron chi connectivity index (χ4n) is 1.25. The van der Waals surface area contributed by atoms with E-state index in [2.05, 4.69) is 0 Å². The summed E-state index contributed by atoms with van der Waals surface area (Å²) in [6.45, 7) is 5.02. The predicted molar refractivity (Wildman–Crippen MR) is 33.0 cm³/mol. The molecule has 9 heavy (non-hydrogen) atoms. The molecule has 1 aliphatic carbocycles. The standard InChI is InChI=1S/C7H10O2/c1-4-5(8)7(2,3)6(4)9/h4H,1-3H3. The van der Waals surface area contributed by atoms with E-state index in [-0.39, 0.29) is 17.5 Å². The van der Waals surface area contributed by atoms with Crippen LogP contribution < -0.4 is 0 Å². The lowest BCUT2D eigenvalue weighted by Gasteiger charge is -2.36. The molecule has 2 nitrogen and oxygen atoms in total. The smallest absolute Gasteiger partial charge is 0.156 e. The molecule has 0 unspecified atom stereocenters. The van der Waals surface area contributed by atoms with Crippen molar-refractivity contribution in [2.24, 2.45) is 11.3 Å². The summed E-state index contributed by atoms with van der Waals surface area (Å²) in [5.41, 5.74) is -0.667. The van der Waals surface area contributed by atoms with Crippen molar-refractivity contribution in [1.29, 1.82) is 0 Å². The maximum Gasteiger partial charge on any atom is 0.156 e. The summed E-state index contributed by atoms with van der Waals surface area (Å²) in [4.78, 5) is 21.7. The van der Waals surface area contributed by atoms with Gasteiger partial charge in [-0.3, -0.25) is 9.59 Å². The van der Waals surface area contributed by atoms with E-state index in [0.717, 1.165) is 0 Å². The molecule has 0 N–H and O–H groups in total. The molecule has 0 aromatic heterocycles. The van der Waals surface area contributed by atoms with Crippen molar-refractivity contribution in [3.05, 3.63) is 0 Å². The van der Waals surface area contributed by atoms with Gasteiger partial charge in [0.1, 0.15) is 0 Å². The highest BCUT2D eigenvalue weighted by Gasteiger charge is 2.52. The molecule has 0 amide bonds. The molecule has 0 bridgehead atoms.